The number of carbonyl (C=O) groups excluding carboxylic acids is 1. The molecule has 0 bridgehead atoms. The molecule has 1 atom stereocenters. The Hall–Kier alpha value is -1.63. The van der Waals surface area contributed by atoms with Crippen LogP contribution in [0.3, 0.4) is 0 Å². The van der Waals surface area contributed by atoms with Crippen molar-refractivity contribution in [3.05, 3.63) is 40.9 Å². The van der Waals surface area contributed by atoms with Crippen LogP contribution >= 0.6 is 22.9 Å². The Morgan fingerprint density at radius 3 is 2.70 bits per heavy atom. The molecule has 1 saturated heterocycles. The molecular weight excluding hydrogens is 332 g/mol. The number of para-hydroxylation sites is 1. The number of hydrogen-bond acceptors (Lipinski definition) is 5. The van der Waals surface area contributed by atoms with Crippen molar-refractivity contribution in [1.82, 2.24) is 9.88 Å². The Balaban J connectivity index is 1.55. The van der Waals surface area contributed by atoms with Gasteiger partial charge in [-0.15, -0.1) is 11.3 Å². The molecule has 1 amide bonds. The second-order valence-corrected chi connectivity index (χ2v) is 6.76. The number of benzene rings is 1. The molecule has 1 aliphatic heterocycles. The minimum absolute atomic E-state index is 0.0270. The van der Waals surface area contributed by atoms with Gasteiger partial charge < -0.3 is 10.2 Å². The highest BCUT2D eigenvalue weighted by Gasteiger charge is 2.26. The molecule has 0 radical (unpaired) electrons. The van der Waals surface area contributed by atoms with Gasteiger partial charge in [0.15, 0.2) is 5.13 Å². The van der Waals surface area contributed by atoms with Gasteiger partial charge in [0.05, 0.1) is 16.8 Å². The quantitative estimate of drug-likeness (QED) is 0.921. The molecule has 1 fully saturated rings. The fourth-order valence-electron chi connectivity index (χ4n) is 2.64. The van der Waals surface area contributed by atoms with Gasteiger partial charge in [0.25, 0.3) is 0 Å². The second kappa shape index (κ2) is 7.29. The number of aromatic nitrogens is 1. The van der Waals surface area contributed by atoms with Gasteiger partial charge in [0.1, 0.15) is 0 Å². The van der Waals surface area contributed by atoms with Crippen molar-refractivity contribution < 1.29 is 4.79 Å². The van der Waals surface area contributed by atoms with E-state index in [0.29, 0.717) is 10.7 Å². The van der Waals surface area contributed by atoms with Crippen LogP contribution in [-0.4, -0.2) is 48.0 Å². The Labute approximate surface area is 144 Å². The predicted molar refractivity (Wildman–Crippen MR) is 95.4 cm³/mol. The van der Waals surface area contributed by atoms with Crippen molar-refractivity contribution >= 4 is 39.7 Å². The summed E-state index contributed by atoms with van der Waals surface area (Å²) in [5, 5.41) is 6.51. The number of amides is 1. The normalized spacial score (nSPS) is 17.0. The summed E-state index contributed by atoms with van der Waals surface area (Å²) in [5.74, 6) is -0.0270. The van der Waals surface area contributed by atoms with Crippen molar-refractivity contribution in [2.24, 2.45) is 0 Å². The minimum Gasteiger partial charge on any atom is -0.346 e. The number of thiazole rings is 1. The van der Waals surface area contributed by atoms with Gasteiger partial charge in [0, 0.05) is 37.8 Å². The van der Waals surface area contributed by atoms with E-state index in [9.17, 15) is 4.79 Å². The van der Waals surface area contributed by atoms with E-state index in [-0.39, 0.29) is 11.9 Å². The molecule has 2 aromatic rings. The zero-order valence-corrected chi connectivity index (χ0v) is 14.5. The Morgan fingerprint density at radius 1 is 1.30 bits per heavy atom. The van der Waals surface area contributed by atoms with Crippen molar-refractivity contribution in [2.75, 3.05) is 36.4 Å². The van der Waals surface area contributed by atoms with Crippen LogP contribution in [0.5, 0.6) is 0 Å². The number of nitrogens with one attached hydrogen (secondary N) is 1. The summed E-state index contributed by atoms with van der Waals surface area (Å²) in [6.45, 7) is 5.40. The monoisotopic (exact) mass is 350 g/mol. The third kappa shape index (κ3) is 3.83. The maximum Gasteiger partial charge on any atom is 0.241 e. The first-order valence-electron chi connectivity index (χ1n) is 7.59. The standard InChI is InChI=1S/C16H19ClN4OS/c1-12(15(22)19-14-5-3-2-4-13(14)17)20-7-9-21(10-8-20)16-18-6-11-23-16/h2-6,11-12H,7-10H2,1H3,(H,19,22)/t12-/m1/s1. The topological polar surface area (TPSA) is 48.5 Å². The summed E-state index contributed by atoms with van der Waals surface area (Å²) in [6.07, 6.45) is 1.83. The smallest absolute Gasteiger partial charge is 0.241 e. The Kier molecular flexibility index (Phi) is 5.15. The molecule has 1 aromatic carbocycles. The van der Waals surface area contributed by atoms with E-state index >= 15 is 0 Å². The second-order valence-electron chi connectivity index (χ2n) is 5.48. The first-order valence-corrected chi connectivity index (χ1v) is 8.85. The fraction of sp³-hybridized carbons (Fsp3) is 0.375. The third-order valence-corrected chi connectivity index (χ3v) is 5.22. The lowest BCUT2D eigenvalue weighted by atomic mass is 10.2. The van der Waals surface area contributed by atoms with Gasteiger partial charge in [-0.25, -0.2) is 4.98 Å². The summed E-state index contributed by atoms with van der Waals surface area (Å²) in [6, 6.07) is 7.10. The van der Waals surface area contributed by atoms with Gasteiger partial charge in [-0.1, -0.05) is 23.7 Å². The molecule has 7 heteroatoms. The number of halogens is 1. The highest BCUT2D eigenvalue weighted by atomic mass is 35.5. The van der Waals surface area contributed by atoms with E-state index < -0.39 is 0 Å². The van der Waals surface area contributed by atoms with E-state index in [0.717, 1.165) is 31.3 Å². The van der Waals surface area contributed by atoms with E-state index in [2.05, 4.69) is 20.1 Å². The van der Waals surface area contributed by atoms with Gasteiger partial charge >= 0.3 is 0 Å². The molecule has 1 N–H and O–H groups in total. The minimum atomic E-state index is -0.190. The SMILES string of the molecule is C[C@H](C(=O)Nc1ccccc1Cl)N1CCN(c2nccs2)CC1. The Bertz CT molecular complexity index is 656. The van der Waals surface area contributed by atoms with Crippen molar-refractivity contribution in [3.8, 4) is 0 Å². The van der Waals surface area contributed by atoms with Crippen LogP contribution in [0.4, 0.5) is 10.8 Å². The lowest BCUT2D eigenvalue weighted by molar-refractivity contribution is -0.120. The van der Waals surface area contributed by atoms with Gasteiger partial charge in [0.2, 0.25) is 5.91 Å². The molecule has 0 saturated carbocycles. The number of rotatable bonds is 4. The highest BCUT2D eigenvalue weighted by Crippen LogP contribution is 2.22. The van der Waals surface area contributed by atoms with E-state index in [4.69, 9.17) is 11.6 Å². The summed E-state index contributed by atoms with van der Waals surface area (Å²) < 4.78 is 0. The average molecular weight is 351 g/mol. The summed E-state index contributed by atoms with van der Waals surface area (Å²) in [4.78, 5) is 21.2. The van der Waals surface area contributed by atoms with Crippen LogP contribution in [-0.2, 0) is 4.79 Å². The lowest BCUT2D eigenvalue weighted by Gasteiger charge is -2.37. The maximum atomic E-state index is 12.4. The zero-order valence-electron chi connectivity index (χ0n) is 12.9. The molecule has 0 unspecified atom stereocenters. The fourth-order valence-corrected chi connectivity index (χ4v) is 3.52. The summed E-state index contributed by atoms with van der Waals surface area (Å²) in [5.41, 5.74) is 0.660. The van der Waals surface area contributed by atoms with Crippen molar-refractivity contribution in [2.45, 2.75) is 13.0 Å². The van der Waals surface area contributed by atoms with Crippen molar-refractivity contribution in [3.63, 3.8) is 0 Å². The van der Waals surface area contributed by atoms with Crippen LogP contribution in [0.15, 0.2) is 35.8 Å². The van der Waals surface area contributed by atoms with Crippen LogP contribution in [0.1, 0.15) is 6.92 Å². The molecule has 3 rings (SSSR count). The predicted octanol–water partition coefficient (Wildman–Crippen LogP) is 2.95. The number of anilines is 2. The number of nitrogens with zero attached hydrogens (tertiary/aromatic N) is 3. The first kappa shape index (κ1) is 16.2. The molecule has 23 heavy (non-hydrogen) atoms. The van der Waals surface area contributed by atoms with Crippen LogP contribution < -0.4 is 10.2 Å². The third-order valence-electron chi connectivity index (χ3n) is 4.06. The number of carbonyl (C=O) groups is 1. The molecular formula is C16H19ClN4OS. The largest absolute Gasteiger partial charge is 0.346 e. The van der Waals surface area contributed by atoms with E-state index in [1.54, 1.807) is 17.4 Å². The maximum absolute atomic E-state index is 12.4. The van der Waals surface area contributed by atoms with Crippen LogP contribution in [0, 0.1) is 0 Å². The highest BCUT2D eigenvalue weighted by molar-refractivity contribution is 7.13. The average Bonchev–Trinajstić information content (AvgIpc) is 3.11. The molecule has 5 nitrogen and oxygen atoms in total. The lowest BCUT2D eigenvalue weighted by Crippen LogP contribution is -2.52. The van der Waals surface area contributed by atoms with E-state index in [1.807, 2.05) is 36.7 Å². The van der Waals surface area contributed by atoms with Gasteiger partial charge in [-0.2, -0.15) is 0 Å². The molecule has 2 heterocycles. The Morgan fingerprint density at radius 2 is 2.04 bits per heavy atom. The van der Waals surface area contributed by atoms with Gasteiger partial charge in [-0.3, -0.25) is 9.69 Å². The molecule has 1 aliphatic rings. The zero-order chi connectivity index (χ0) is 16.2. The molecule has 0 spiro atoms. The molecule has 122 valence electrons. The number of hydrogen-bond donors (Lipinski definition) is 1. The summed E-state index contributed by atoms with van der Waals surface area (Å²) in [7, 11) is 0. The van der Waals surface area contributed by atoms with E-state index in [1.165, 1.54) is 0 Å². The van der Waals surface area contributed by atoms with Crippen LogP contribution in [0.25, 0.3) is 0 Å². The summed E-state index contributed by atoms with van der Waals surface area (Å²) >= 11 is 7.75. The van der Waals surface area contributed by atoms with Crippen molar-refractivity contribution in [1.29, 1.82) is 0 Å². The van der Waals surface area contributed by atoms with Crippen LogP contribution in [0.2, 0.25) is 5.02 Å². The number of piperazine rings is 1. The molecule has 0 aliphatic carbocycles. The van der Waals surface area contributed by atoms with Gasteiger partial charge in [-0.05, 0) is 19.1 Å². The first-order chi connectivity index (χ1) is 11.1. The molecule has 1 aromatic heterocycles.